The van der Waals surface area contributed by atoms with Crippen molar-refractivity contribution in [2.75, 3.05) is 0 Å². The van der Waals surface area contributed by atoms with Gasteiger partial charge in [-0.3, -0.25) is 9.59 Å². The molecule has 0 spiro atoms. The molecule has 0 aromatic heterocycles. The molecule has 10 heteroatoms. The first-order valence-corrected chi connectivity index (χ1v) is 15.2. The number of fused-ring (bicyclic) bond motifs is 3. The van der Waals surface area contributed by atoms with Crippen molar-refractivity contribution >= 4 is 17.9 Å². The van der Waals surface area contributed by atoms with Crippen LogP contribution in [0.4, 0.5) is 13.2 Å². The third kappa shape index (κ3) is 4.37. The van der Waals surface area contributed by atoms with Gasteiger partial charge in [0, 0.05) is 0 Å². The van der Waals surface area contributed by atoms with E-state index in [2.05, 4.69) is 25.7 Å². The van der Waals surface area contributed by atoms with Crippen molar-refractivity contribution in [1.29, 1.82) is 0 Å². The normalized spacial score (nSPS) is 47.3. The van der Waals surface area contributed by atoms with Gasteiger partial charge in [0.25, 0.3) is 0 Å². The van der Waals surface area contributed by atoms with Gasteiger partial charge in [0.2, 0.25) is 0 Å². The predicted octanol–water partition coefficient (Wildman–Crippen LogP) is 5.08. The molecule has 8 atom stereocenters. The molecule has 0 amide bonds. The summed E-state index contributed by atoms with van der Waals surface area (Å²) in [4.78, 5) is 35.7. The van der Waals surface area contributed by atoms with E-state index in [1.165, 1.54) is 38.5 Å². The Balaban J connectivity index is 0.000000136. The van der Waals surface area contributed by atoms with Crippen molar-refractivity contribution in [2.45, 2.75) is 101 Å². The van der Waals surface area contributed by atoms with Gasteiger partial charge in [-0.25, -0.2) is 4.79 Å². The Bertz CT molecular complexity index is 1150. The van der Waals surface area contributed by atoms with E-state index in [9.17, 15) is 27.6 Å². The molecule has 8 fully saturated rings. The average molecular weight is 579 g/mol. The highest BCUT2D eigenvalue weighted by Crippen LogP contribution is 2.61. The lowest BCUT2D eigenvalue weighted by molar-refractivity contribution is -0.215. The maximum atomic E-state index is 12.9. The molecule has 9 rings (SSSR count). The average Bonchev–Trinajstić information content (AvgIpc) is 3.74. The molecule has 9 aliphatic rings. The molecule has 0 aromatic carbocycles. The Labute approximate surface area is 237 Å². The standard InChI is InChI=1S/C20H28O2.C11H9F3O5/c1-2-20(16-7-13-5-14(9-16)10-17(20)8-13)22-19(21)18-11-12-3-4-15(18)6-12;1-3(11(12,13)14)9(15)18-7-5-2-4-6(17-5)8(7)19-10(4)16/h3-4,12-18H,2,5-11H2,1H3;4-8H,1-2H2. The molecule has 3 aliphatic heterocycles. The van der Waals surface area contributed by atoms with Crippen molar-refractivity contribution in [3.63, 3.8) is 0 Å². The highest BCUT2D eigenvalue weighted by atomic mass is 19.4. The molecule has 3 heterocycles. The Morgan fingerprint density at radius 3 is 2.24 bits per heavy atom. The molecule has 5 saturated carbocycles. The Hall–Kier alpha value is -2.36. The summed E-state index contributed by atoms with van der Waals surface area (Å²) in [5, 5.41) is 0. The lowest BCUT2D eigenvalue weighted by atomic mass is 9.49. The van der Waals surface area contributed by atoms with Crippen LogP contribution in [0, 0.1) is 47.3 Å². The number of carbonyl (C=O) groups is 3. The van der Waals surface area contributed by atoms with Crippen LogP contribution in [0.15, 0.2) is 24.3 Å². The fraction of sp³-hybridized carbons (Fsp3) is 0.774. The molecule has 8 bridgehead atoms. The molecule has 224 valence electrons. The number of rotatable bonds is 5. The van der Waals surface area contributed by atoms with Crippen LogP contribution in [0.5, 0.6) is 0 Å². The first-order valence-electron chi connectivity index (χ1n) is 15.2. The fourth-order valence-electron chi connectivity index (χ4n) is 9.81. The van der Waals surface area contributed by atoms with Crippen LogP contribution in [-0.4, -0.2) is 54.1 Å². The maximum Gasteiger partial charge on any atom is 0.422 e. The van der Waals surface area contributed by atoms with E-state index in [-0.39, 0.29) is 17.5 Å². The zero-order valence-corrected chi connectivity index (χ0v) is 23.1. The van der Waals surface area contributed by atoms with E-state index < -0.39 is 54.0 Å². The highest BCUT2D eigenvalue weighted by Gasteiger charge is 2.65. The molecular formula is C31H37F3O7. The topological polar surface area (TPSA) is 88.1 Å². The summed E-state index contributed by atoms with van der Waals surface area (Å²) in [6, 6.07) is 0. The number of allylic oxidation sites excluding steroid dienone is 2. The molecule has 0 radical (unpaired) electrons. The summed E-state index contributed by atoms with van der Waals surface area (Å²) < 4.78 is 58.4. The summed E-state index contributed by atoms with van der Waals surface area (Å²) in [6.07, 6.45) is 7.17. The molecule has 41 heavy (non-hydrogen) atoms. The minimum Gasteiger partial charge on any atom is -0.458 e. The molecule has 7 nitrogen and oxygen atoms in total. The van der Waals surface area contributed by atoms with Crippen molar-refractivity contribution in [3.8, 4) is 0 Å². The molecule has 8 unspecified atom stereocenters. The fourth-order valence-corrected chi connectivity index (χ4v) is 9.81. The van der Waals surface area contributed by atoms with Gasteiger partial charge in [-0.05, 0) is 93.3 Å². The quantitative estimate of drug-likeness (QED) is 0.195. The van der Waals surface area contributed by atoms with Crippen molar-refractivity contribution in [1.82, 2.24) is 0 Å². The van der Waals surface area contributed by atoms with Crippen LogP contribution in [0.2, 0.25) is 0 Å². The Morgan fingerprint density at radius 1 is 1.00 bits per heavy atom. The van der Waals surface area contributed by atoms with Gasteiger partial charge < -0.3 is 18.9 Å². The second kappa shape index (κ2) is 9.58. The van der Waals surface area contributed by atoms with Gasteiger partial charge in [-0.1, -0.05) is 25.7 Å². The maximum absolute atomic E-state index is 12.9. The minimum absolute atomic E-state index is 0.101. The molecule has 0 N–H and O–H groups in total. The molecular weight excluding hydrogens is 541 g/mol. The van der Waals surface area contributed by atoms with E-state index in [1.54, 1.807) is 0 Å². The number of ether oxygens (including phenoxy) is 4. The van der Waals surface area contributed by atoms with Gasteiger partial charge >= 0.3 is 24.1 Å². The monoisotopic (exact) mass is 578 g/mol. The number of hydrogen-bond donors (Lipinski definition) is 0. The highest BCUT2D eigenvalue weighted by molar-refractivity contribution is 5.89. The summed E-state index contributed by atoms with van der Waals surface area (Å²) in [5.41, 5.74) is -1.69. The molecule has 0 aromatic rings. The SMILES string of the molecule is C=C(C(=O)OC1C2CC3C(=O)OC1C3O2)C(F)(F)F.CCC1(OC(=O)C2CC3C=CC2C3)C2CC3CC(C2)CC1C3. The summed E-state index contributed by atoms with van der Waals surface area (Å²) in [7, 11) is 0. The van der Waals surface area contributed by atoms with Gasteiger partial charge in [-0.15, -0.1) is 0 Å². The van der Waals surface area contributed by atoms with Gasteiger partial charge in [0.05, 0.1) is 17.9 Å². The lowest BCUT2D eigenvalue weighted by Gasteiger charge is -2.60. The third-order valence-electron chi connectivity index (χ3n) is 11.6. The Morgan fingerprint density at radius 2 is 1.68 bits per heavy atom. The number of carbonyl (C=O) groups excluding carboxylic acids is 3. The van der Waals surface area contributed by atoms with Crippen molar-refractivity contribution < 1.29 is 46.5 Å². The van der Waals surface area contributed by atoms with E-state index in [0.717, 1.165) is 24.7 Å². The van der Waals surface area contributed by atoms with Crippen LogP contribution >= 0.6 is 0 Å². The van der Waals surface area contributed by atoms with Gasteiger partial charge in [-0.2, -0.15) is 13.2 Å². The van der Waals surface area contributed by atoms with Crippen LogP contribution in [0.1, 0.15) is 64.7 Å². The van der Waals surface area contributed by atoms with E-state index in [4.69, 9.17) is 18.9 Å². The van der Waals surface area contributed by atoms with Gasteiger partial charge in [0.1, 0.15) is 17.3 Å². The van der Waals surface area contributed by atoms with Crippen LogP contribution in [0.25, 0.3) is 0 Å². The van der Waals surface area contributed by atoms with E-state index in [0.29, 0.717) is 30.1 Å². The smallest absolute Gasteiger partial charge is 0.422 e. The molecule has 6 aliphatic carbocycles. The van der Waals surface area contributed by atoms with Crippen LogP contribution < -0.4 is 0 Å². The van der Waals surface area contributed by atoms with Crippen molar-refractivity contribution in [3.05, 3.63) is 24.3 Å². The Kier molecular flexibility index (Phi) is 6.42. The second-order valence-electron chi connectivity index (χ2n) is 13.6. The lowest BCUT2D eigenvalue weighted by Crippen LogP contribution is -2.59. The summed E-state index contributed by atoms with van der Waals surface area (Å²) in [6.45, 7) is 4.92. The number of esters is 3. The summed E-state index contributed by atoms with van der Waals surface area (Å²) >= 11 is 0. The van der Waals surface area contributed by atoms with Crippen LogP contribution in [-0.2, 0) is 33.3 Å². The minimum atomic E-state index is -4.84. The zero-order chi connectivity index (χ0) is 28.8. The van der Waals surface area contributed by atoms with E-state index in [1.807, 2.05) is 0 Å². The van der Waals surface area contributed by atoms with Gasteiger partial charge in [0.15, 0.2) is 12.2 Å². The first kappa shape index (κ1) is 27.5. The second-order valence-corrected chi connectivity index (χ2v) is 13.6. The third-order valence-corrected chi connectivity index (χ3v) is 11.6. The van der Waals surface area contributed by atoms with Crippen molar-refractivity contribution in [2.24, 2.45) is 47.3 Å². The zero-order valence-electron chi connectivity index (χ0n) is 23.1. The predicted molar refractivity (Wildman–Crippen MR) is 137 cm³/mol. The number of alkyl halides is 3. The first-order chi connectivity index (χ1) is 19.5. The number of halogens is 3. The molecule has 3 saturated heterocycles. The largest absolute Gasteiger partial charge is 0.458 e. The summed E-state index contributed by atoms with van der Waals surface area (Å²) in [5.74, 6) is 2.22. The van der Waals surface area contributed by atoms with Crippen LogP contribution in [0.3, 0.4) is 0 Å². The van der Waals surface area contributed by atoms with E-state index >= 15 is 0 Å². The number of hydrogen-bond acceptors (Lipinski definition) is 7.